The first-order chi connectivity index (χ1) is 10.6. The van der Waals surface area contributed by atoms with E-state index in [1.54, 1.807) is 25.4 Å². The summed E-state index contributed by atoms with van der Waals surface area (Å²) in [7, 11) is 1.56. The molecule has 3 rings (SSSR count). The molecule has 0 unspecified atom stereocenters. The van der Waals surface area contributed by atoms with Crippen LogP contribution in [0.15, 0.2) is 18.3 Å². The third kappa shape index (κ3) is 2.58. The molecule has 0 bridgehead atoms. The van der Waals surface area contributed by atoms with Gasteiger partial charge in [-0.05, 0) is 31.2 Å². The molecule has 5 heteroatoms. The molecule has 1 aliphatic carbocycles. The second-order valence-corrected chi connectivity index (χ2v) is 6.52. The zero-order valence-corrected chi connectivity index (χ0v) is 13.3. The molecule has 2 aliphatic rings. The van der Waals surface area contributed by atoms with E-state index in [9.17, 15) is 9.90 Å². The molecule has 1 aliphatic heterocycles. The van der Waals surface area contributed by atoms with E-state index in [1.807, 2.05) is 11.8 Å². The number of methoxy groups -OCH3 is 1. The van der Waals surface area contributed by atoms with Crippen LogP contribution in [-0.2, 0) is 0 Å². The molecular weight excluding hydrogens is 280 g/mol. The van der Waals surface area contributed by atoms with Crippen molar-refractivity contribution in [1.29, 1.82) is 0 Å². The summed E-state index contributed by atoms with van der Waals surface area (Å²) >= 11 is 0. The van der Waals surface area contributed by atoms with Crippen LogP contribution in [0.4, 0.5) is 0 Å². The fourth-order valence-electron chi connectivity index (χ4n) is 4.04. The van der Waals surface area contributed by atoms with Gasteiger partial charge in [0.2, 0.25) is 5.88 Å². The van der Waals surface area contributed by atoms with E-state index in [-0.39, 0.29) is 11.8 Å². The lowest BCUT2D eigenvalue weighted by Crippen LogP contribution is -2.44. The number of amides is 1. The number of aromatic nitrogens is 1. The normalized spacial score (nSPS) is 31.0. The Morgan fingerprint density at radius 1 is 1.50 bits per heavy atom. The van der Waals surface area contributed by atoms with E-state index < -0.39 is 5.60 Å². The highest BCUT2D eigenvalue weighted by molar-refractivity contribution is 5.94. The van der Waals surface area contributed by atoms with Crippen LogP contribution in [0.3, 0.4) is 0 Å². The van der Waals surface area contributed by atoms with Crippen LogP contribution >= 0.6 is 0 Å². The minimum Gasteiger partial charge on any atom is -0.481 e. The quantitative estimate of drug-likeness (QED) is 0.929. The number of hydrogen-bond acceptors (Lipinski definition) is 4. The minimum absolute atomic E-state index is 0.00278. The van der Waals surface area contributed by atoms with Gasteiger partial charge in [0.05, 0.1) is 18.3 Å². The van der Waals surface area contributed by atoms with Gasteiger partial charge in [-0.1, -0.05) is 13.3 Å². The Labute approximate surface area is 131 Å². The van der Waals surface area contributed by atoms with Gasteiger partial charge in [0, 0.05) is 31.3 Å². The van der Waals surface area contributed by atoms with Crippen LogP contribution in [0.25, 0.3) is 0 Å². The minimum atomic E-state index is -0.601. The fourth-order valence-corrected chi connectivity index (χ4v) is 4.04. The van der Waals surface area contributed by atoms with Crippen LogP contribution in [0.1, 0.15) is 43.0 Å². The number of pyridine rings is 1. The van der Waals surface area contributed by atoms with Crippen LogP contribution < -0.4 is 4.74 Å². The van der Waals surface area contributed by atoms with Crippen molar-refractivity contribution in [3.8, 4) is 5.88 Å². The van der Waals surface area contributed by atoms with E-state index in [0.29, 0.717) is 23.9 Å². The smallest absolute Gasteiger partial charge is 0.255 e. The first kappa shape index (κ1) is 15.3. The molecule has 3 atom stereocenters. The van der Waals surface area contributed by atoms with Gasteiger partial charge in [-0.15, -0.1) is 0 Å². The average Bonchev–Trinajstić information content (AvgIpc) is 3.00. The van der Waals surface area contributed by atoms with Crippen molar-refractivity contribution in [3.63, 3.8) is 0 Å². The molecule has 5 nitrogen and oxygen atoms in total. The first-order valence-corrected chi connectivity index (χ1v) is 8.09. The highest BCUT2D eigenvalue weighted by Gasteiger charge is 2.48. The second kappa shape index (κ2) is 5.88. The summed E-state index contributed by atoms with van der Waals surface area (Å²) in [6.45, 7) is 3.44. The number of hydrogen-bond donors (Lipinski definition) is 1. The molecule has 22 heavy (non-hydrogen) atoms. The summed E-state index contributed by atoms with van der Waals surface area (Å²) in [5.41, 5.74) is -0.0182. The average molecular weight is 304 g/mol. The van der Waals surface area contributed by atoms with Crippen molar-refractivity contribution in [2.75, 3.05) is 20.2 Å². The van der Waals surface area contributed by atoms with Crippen molar-refractivity contribution in [2.24, 2.45) is 11.8 Å². The number of rotatable bonds is 3. The molecule has 0 aromatic carbocycles. The lowest BCUT2D eigenvalue weighted by atomic mass is 9.69. The summed E-state index contributed by atoms with van der Waals surface area (Å²) in [5.74, 6) is 1.14. The van der Waals surface area contributed by atoms with Crippen LogP contribution in [0.2, 0.25) is 0 Å². The van der Waals surface area contributed by atoms with Gasteiger partial charge in [-0.25, -0.2) is 4.98 Å². The standard InChI is InChI=1S/C17H24N2O3/c1-3-17(21)8-4-5-13-10-19(11-14(13)17)16(20)12-6-7-15(22-2)18-9-12/h6-7,9,13-14,21H,3-5,8,10-11H2,1-2H3/t13-,14+,17-/m1/s1. The number of carbonyl (C=O) groups excluding carboxylic acids is 1. The summed E-state index contributed by atoms with van der Waals surface area (Å²) in [6.07, 6.45) is 5.35. The van der Waals surface area contributed by atoms with Crippen LogP contribution in [0.5, 0.6) is 5.88 Å². The number of nitrogens with zero attached hydrogens (tertiary/aromatic N) is 2. The number of aliphatic hydroxyl groups is 1. The SMILES string of the molecule is CC[C@@]1(O)CCC[C@@H]2CN(C(=O)c3ccc(OC)nc3)C[C@@H]21. The summed E-state index contributed by atoms with van der Waals surface area (Å²) in [5, 5.41) is 10.8. The van der Waals surface area contributed by atoms with E-state index in [4.69, 9.17) is 4.74 Å². The molecule has 2 fully saturated rings. The summed E-state index contributed by atoms with van der Waals surface area (Å²) in [4.78, 5) is 18.6. The molecule has 1 N–H and O–H groups in total. The van der Waals surface area contributed by atoms with Gasteiger partial charge in [0.25, 0.3) is 5.91 Å². The Hall–Kier alpha value is -1.62. The maximum Gasteiger partial charge on any atom is 0.255 e. The van der Waals surface area contributed by atoms with E-state index >= 15 is 0 Å². The number of likely N-dealkylation sites (tertiary alicyclic amines) is 1. The van der Waals surface area contributed by atoms with E-state index in [1.165, 1.54) is 0 Å². The zero-order valence-electron chi connectivity index (χ0n) is 13.3. The molecule has 1 aromatic rings. The second-order valence-electron chi connectivity index (χ2n) is 6.52. The Balaban J connectivity index is 1.75. The molecule has 0 radical (unpaired) electrons. The summed E-state index contributed by atoms with van der Waals surface area (Å²) < 4.78 is 5.02. The molecule has 120 valence electrons. The third-order valence-corrected chi connectivity index (χ3v) is 5.41. The highest BCUT2D eigenvalue weighted by Crippen LogP contribution is 2.44. The zero-order chi connectivity index (χ0) is 15.7. The highest BCUT2D eigenvalue weighted by atomic mass is 16.5. The topological polar surface area (TPSA) is 62.7 Å². The molecular formula is C17H24N2O3. The van der Waals surface area contributed by atoms with Gasteiger partial charge in [0.1, 0.15) is 0 Å². The Morgan fingerprint density at radius 2 is 2.32 bits per heavy atom. The van der Waals surface area contributed by atoms with Gasteiger partial charge in [0.15, 0.2) is 0 Å². The molecule has 2 heterocycles. The number of ether oxygens (including phenoxy) is 1. The van der Waals surface area contributed by atoms with Crippen molar-refractivity contribution in [1.82, 2.24) is 9.88 Å². The van der Waals surface area contributed by atoms with Crippen molar-refractivity contribution < 1.29 is 14.6 Å². The molecule has 1 saturated heterocycles. The van der Waals surface area contributed by atoms with Crippen LogP contribution in [0, 0.1) is 11.8 Å². The Morgan fingerprint density at radius 3 is 2.95 bits per heavy atom. The van der Waals surface area contributed by atoms with Gasteiger partial charge < -0.3 is 14.7 Å². The largest absolute Gasteiger partial charge is 0.481 e. The van der Waals surface area contributed by atoms with Gasteiger partial charge >= 0.3 is 0 Å². The third-order valence-electron chi connectivity index (χ3n) is 5.41. The first-order valence-electron chi connectivity index (χ1n) is 8.09. The van der Waals surface area contributed by atoms with E-state index in [0.717, 1.165) is 32.2 Å². The number of fused-ring (bicyclic) bond motifs is 1. The van der Waals surface area contributed by atoms with Crippen molar-refractivity contribution in [2.45, 2.75) is 38.2 Å². The van der Waals surface area contributed by atoms with Crippen molar-refractivity contribution in [3.05, 3.63) is 23.9 Å². The Kier molecular flexibility index (Phi) is 4.08. The van der Waals surface area contributed by atoms with Crippen LogP contribution in [-0.4, -0.2) is 46.7 Å². The predicted octanol–water partition coefficient (Wildman–Crippen LogP) is 2.10. The fraction of sp³-hybridized carbons (Fsp3) is 0.647. The van der Waals surface area contributed by atoms with Crippen molar-refractivity contribution >= 4 is 5.91 Å². The Bertz CT molecular complexity index is 545. The lowest BCUT2D eigenvalue weighted by Gasteiger charge is -2.40. The molecule has 1 saturated carbocycles. The number of carbonyl (C=O) groups is 1. The molecule has 1 aromatic heterocycles. The van der Waals surface area contributed by atoms with Gasteiger partial charge in [-0.2, -0.15) is 0 Å². The maximum absolute atomic E-state index is 12.7. The van der Waals surface area contributed by atoms with E-state index in [2.05, 4.69) is 4.98 Å². The predicted molar refractivity (Wildman–Crippen MR) is 82.8 cm³/mol. The van der Waals surface area contributed by atoms with Gasteiger partial charge in [-0.3, -0.25) is 4.79 Å². The summed E-state index contributed by atoms with van der Waals surface area (Å²) in [6, 6.07) is 3.46. The molecule has 0 spiro atoms. The lowest BCUT2D eigenvalue weighted by molar-refractivity contribution is -0.0609. The monoisotopic (exact) mass is 304 g/mol. The maximum atomic E-state index is 12.7. The molecule has 1 amide bonds.